The summed E-state index contributed by atoms with van der Waals surface area (Å²) in [6.07, 6.45) is 0. The van der Waals surface area contributed by atoms with Crippen LogP contribution in [-0.2, 0) is 10.3 Å². The Balaban J connectivity index is 1.96. The van der Waals surface area contributed by atoms with Crippen LogP contribution in [-0.4, -0.2) is 23.1 Å². The maximum Gasteiger partial charge on any atom is 0.268 e. The number of rotatable bonds is 5. The first-order valence-electron chi connectivity index (χ1n) is 8.96. The molecule has 0 N–H and O–H groups in total. The monoisotopic (exact) mass is 425 g/mol. The lowest BCUT2D eigenvalue weighted by Crippen LogP contribution is -2.79. The van der Waals surface area contributed by atoms with Gasteiger partial charge in [0.2, 0.25) is 4.33 Å². The third-order valence-corrected chi connectivity index (χ3v) is 6.02. The minimum Gasteiger partial charge on any atom is -0.497 e. The smallest absolute Gasteiger partial charge is 0.268 e. The average Bonchev–Trinajstić information content (AvgIpc) is 2.77. The van der Waals surface area contributed by atoms with Crippen molar-refractivity contribution >= 4 is 40.6 Å². The van der Waals surface area contributed by atoms with Gasteiger partial charge >= 0.3 is 0 Å². The van der Waals surface area contributed by atoms with Crippen LogP contribution < -0.4 is 9.64 Å². The van der Waals surface area contributed by atoms with E-state index in [1.165, 1.54) is 4.90 Å². The molecule has 1 fully saturated rings. The molecule has 0 spiro atoms. The Kier molecular flexibility index (Phi) is 4.85. The zero-order chi connectivity index (χ0) is 20.6. The lowest BCUT2D eigenvalue weighted by molar-refractivity contribution is -0.127. The molecular formula is C23H17Cl2NO3. The molecule has 1 heterocycles. The highest BCUT2D eigenvalue weighted by Gasteiger charge is 2.75. The summed E-state index contributed by atoms with van der Waals surface area (Å²) in [5, 5.41) is 0. The number of halogens is 2. The van der Waals surface area contributed by atoms with E-state index in [4.69, 9.17) is 27.9 Å². The fourth-order valence-corrected chi connectivity index (χ4v) is 4.47. The zero-order valence-corrected chi connectivity index (χ0v) is 17.0. The number of carbonyl (C=O) groups excluding carboxylic acids is 2. The van der Waals surface area contributed by atoms with E-state index in [1.807, 2.05) is 12.1 Å². The summed E-state index contributed by atoms with van der Waals surface area (Å²) >= 11 is 13.2. The van der Waals surface area contributed by atoms with Crippen molar-refractivity contribution in [3.63, 3.8) is 0 Å². The molecule has 0 radical (unpaired) electrons. The number of β-lactam (4-membered cyclic amide) rings is 1. The van der Waals surface area contributed by atoms with E-state index in [0.717, 1.165) is 0 Å². The number of carbonyl (C=O) groups is 2. The standard InChI is InChI=1S/C23H17Cl2NO3/c1-29-19-14-12-18(13-15-19)26-21(28)23(24,25)22(26,17-10-6-3-7-11-17)20(27)16-8-4-2-5-9-16/h2-15H,1H3. The number of ketones is 1. The SMILES string of the molecule is COc1ccc(N2C(=O)C(Cl)(Cl)C2(C(=O)c2ccccc2)c2ccccc2)cc1. The van der Waals surface area contributed by atoms with Gasteiger partial charge in [-0.1, -0.05) is 83.9 Å². The topological polar surface area (TPSA) is 46.6 Å². The van der Waals surface area contributed by atoms with Crippen molar-refractivity contribution in [1.29, 1.82) is 0 Å². The lowest BCUT2D eigenvalue weighted by Gasteiger charge is -2.58. The normalized spacial score (nSPS) is 20.1. The van der Waals surface area contributed by atoms with E-state index in [2.05, 4.69) is 0 Å². The van der Waals surface area contributed by atoms with Gasteiger partial charge in [-0.2, -0.15) is 0 Å². The largest absolute Gasteiger partial charge is 0.497 e. The summed E-state index contributed by atoms with van der Waals surface area (Å²) in [7, 11) is 1.56. The Bertz CT molecular complexity index is 1050. The summed E-state index contributed by atoms with van der Waals surface area (Å²) in [4.78, 5) is 28.2. The molecule has 4 rings (SSSR count). The molecule has 0 aliphatic carbocycles. The van der Waals surface area contributed by atoms with Crippen molar-refractivity contribution in [1.82, 2.24) is 0 Å². The second-order valence-corrected chi connectivity index (χ2v) is 8.01. The van der Waals surface area contributed by atoms with Gasteiger partial charge in [0, 0.05) is 11.3 Å². The van der Waals surface area contributed by atoms with Crippen molar-refractivity contribution in [2.75, 3.05) is 12.0 Å². The molecule has 29 heavy (non-hydrogen) atoms. The zero-order valence-electron chi connectivity index (χ0n) is 15.5. The third-order valence-electron chi connectivity index (χ3n) is 5.15. The fourth-order valence-electron chi connectivity index (χ4n) is 3.74. The highest BCUT2D eigenvalue weighted by Crippen LogP contribution is 2.58. The summed E-state index contributed by atoms with van der Waals surface area (Å²) < 4.78 is 3.24. The second-order valence-electron chi connectivity index (χ2n) is 6.68. The van der Waals surface area contributed by atoms with Gasteiger partial charge in [-0.25, -0.2) is 0 Å². The van der Waals surface area contributed by atoms with Crippen molar-refractivity contribution in [3.8, 4) is 5.75 Å². The summed E-state index contributed by atoms with van der Waals surface area (Å²) in [6, 6.07) is 24.4. The Hall–Kier alpha value is -2.82. The van der Waals surface area contributed by atoms with Crippen molar-refractivity contribution in [2.45, 2.75) is 9.87 Å². The number of nitrogens with zero attached hydrogens (tertiary/aromatic N) is 1. The van der Waals surface area contributed by atoms with E-state index < -0.39 is 15.8 Å². The molecule has 0 aromatic heterocycles. The maximum absolute atomic E-state index is 13.8. The summed E-state index contributed by atoms with van der Waals surface area (Å²) in [6.45, 7) is 0. The predicted octanol–water partition coefficient (Wildman–Crippen LogP) is 4.99. The molecule has 1 saturated heterocycles. The molecule has 3 aromatic carbocycles. The maximum atomic E-state index is 13.8. The predicted molar refractivity (Wildman–Crippen MR) is 114 cm³/mol. The third kappa shape index (κ3) is 2.75. The molecule has 146 valence electrons. The average molecular weight is 426 g/mol. The second kappa shape index (κ2) is 7.21. The number of hydrogen-bond acceptors (Lipinski definition) is 3. The van der Waals surface area contributed by atoms with Gasteiger partial charge in [0.1, 0.15) is 5.75 Å². The van der Waals surface area contributed by atoms with Crippen LogP contribution in [0.4, 0.5) is 5.69 Å². The van der Waals surface area contributed by atoms with Gasteiger partial charge in [-0.05, 0) is 29.8 Å². The van der Waals surface area contributed by atoms with Gasteiger partial charge in [0.05, 0.1) is 7.11 Å². The number of benzene rings is 3. The number of anilines is 1. The minimum absolute atomic E-state index is 0.357. The molecule has 1 unspecified atom stereocenters. The number of methoxy groups -OCH3 is 1. The molecule has 1 aliphatic rings. The highest BCUT2D eigenvalue weighted by atomic mass is 35.5. The van der Waals surface area contributed by atoms with Crippen LogP contribution in [0.25, 0.3) is 0 Å². The molecule has 1 aliphatic heterocycles. The molecule has 1 amide bonds. The number of alkyl halides is 2. The van der Waals surface area contributed by atoms with Crippen LogP contribution >= 0.6 is 23.2 Å². The Morgan fingerprint density at radius 2 is 1.41 bits per heavy atom. The van der Waals surface area contributed by atoms with Gasteiger partial charge in [-0.15, -0.1) is 0 Å². The van der Waals surface area contributed by atoms with Gasteiger partial charge in [0.15, 0.2) is 11.3 Å². The molecule has 4 nitrogen and oxygen atoms in total. The van der Waals surface area contributed by atoms with E-state index in [-0.39, 0.29) is 5.78 Å². The first-order chi connectivity index (χ1) is 13.9. The number of ether oxygens (including phenoxy) is 1. The molecule has 0 bridgehead atoms. The fraction of sp³-hybridized carbons (Fsp3) is 0.130. The van der Waals surface area contributed by atoms with Crippen LogP contribution in [0, 0.1) is 0 Å². The molecule has 3 aromatic rings. The van der Waals surface area contributed by atoms with Gasteiger partial charge < -0.3 is 4.74 Å². The van der Waals surface area contributed by atoms with E-state index >= 15 is 0 Å². The van der Waals surface area contributed by atoms with Crippen LogP contribution in [0.15, 0.2) is 84.9 Å². The Morgan fingerprint density at radius 3 is 1.97 bits per heavy atom. The highest BCUT2D eigenvalue weighted by molar-refractivity contribution is 6.65. The van der Waals surface area contributed by atoms with Crippen LogP contribution in [0.1, 0.15) is 15.9 Å². The molecular weight excluding hydrogens is 409 g/mol. The summed E-state index contributed by atoms with van der Waals surface area (Å²) in [5.74, 6) is -0.284. The first kappa shape index (κ1) is 19.5. The van der Waals surface area contributed by atoms with E-state index in [9.17, 15) is 9.59 Å². The van der Waals surface area contributed by atoms with Crippen molar-refractivity contribution < 1.29 is 14.3 Å². The van der Waals surface area contributed by atoms with E-state index in [0.29, 0.717) is 22.6 Å². The van der Waals surface area contributed by atoms with Crippen molar-refractivity contribution in [2.24, 2.45) is 0 Å². The quantitative estimate of drug-likeness (QED) is 0.328. The van der Waals surface area contributed by atoms with Crippen molar-refractivity contribution in [3.05, 3.63) is 96.1 Å². The van der Waals surface area contributed by atoms with Crippen LogP contribution in [0.2, 0.25) is 0 Å². The summed E-state index contributed by atoms with van der Waals surface area (Å²) in [5.41, 5.74) is -0.159. The first-order valence-corrected chi connectivity index (χ1v) is 9.72. The number of Topliss-reactive ketones (excluding diaryl/α,β-unsaturated/α-hetero) is 1. The molecule has 6 heteroatoms. The minimum atomic E-state index is -1.96. The van der Waals surface area contributed by atoms with Gasteiger partial charge in [-0.3, -0.25) is 14.5 Å². The Morgan fingerprint density at radius 1 is 0.862 bits per heavy atom. The number of amides is 1. The van der Waals surface area contributed by atoms with Gasteiger partial charge in [0.25, 0.3) is 5.91 Å². The Labute approximate surface area is 178 Å². The van der Waals surface area contributed by atoms with Crippen LogP contribution in [0.5, 0.6) is 5.75 Å². The number of hydrogen-bond donors (Lipinski definition) is 0. The lowest BCUT2D eigenvalue weighted by atomic mass is 9.71. The molecule has 0 saturated carbocycles. The van der Waals surface area contributed by atoms with Crippen LogP contribution in [0.3, 0.4) is 0 Å². The van der Waals surface area contributed by atoms with E-state index in [1.54, 1.807) is 79.9 Å². The molecule has 1 atom stereocenters.